The van der Waals surface area contributed by atoms with Gasteiger partial charge in [0, 0.05) is 12.5 Å². The van der Waals surface area contributed by atoms with E-state index in [1.807, 2.05) is 30.3 Å². The van der Waals surface area contributed by atoms with Crippen LogP contribution in [0.15, 0.2) is 42.5 Å². The van der Waals surface area contributed by atoms with Gasteiger partial charge in [-0.3, -0.25) is 4.79 Å². The van der Waals surface area contributed by atoms with Crippen molar-refractivity contribution in [2.24, 2.45) is 0 Å². The number of carboxylic acid groups (broad SMARTS) is 1. The maximum atomic E-state index is 10.8. The van der Waals surface area contributed by atoms with Gasteiger partial charge in [0.1, 0.15) is 36.2 Å². The van der Waals surface area contributed by atoms with Gasteiger partial charge in [0.15, 0.2) is 0 Å². The predicted molar refractivity (Wildman–Crippen MR) is 92.9 cm³/mol. The van der Waals surface area contributed by atoms with Crippen LogP contribution in [0.3, 0.4) is 0 Å². The molecule has 1 N–H and O–H groups in total. The second-order valence-electron chi connectivity index (χ2n) is 5.24. The van der Waals surface area contributed by atoms with Gasteiger partial charge in [-0.2, -0.15) is 0 Å². The quantitative estimate of drug-likeness (QED) is 0.666. The lowest BCUT2D eigenvalue weighted by Crippen LogP contribution is -2.10. The van der Waals surface area contributed by atoms with E-state index < -0.39 is 5.97 Å². The van der Waals surface area contributed by atoms with E-state index in [0.29, 0.717) is 31.1 Å². The van der Waals surface area contributed by atoms with Gasteiger partial charge < -0.3 is 24.1 Å². The van der Waals surface area contributed by atoms with Crippen molar-refractivity contribution in [3.05, 3.63) is 48.0 Å². The first kappa shape index (κ1) is 18.4. The van der Waals surface area contributed by atoms with Gasteiger partial charge >= 0.3 is 5.97 Å². The Morgan fingerprint density at radius 3 is 2.12 bits per heavy atom. The van der Waals surface area contributed by atoms with Crippen LogP contribution in [-0.2, 0) is 11.2 Å². The van der Waals surface area contributed by atoms with Crippen LogP contribution < -0.4 is 18.9 Å². The molecule has 2 rings (SSSR count). The Bertz CT molecular complexity index is 681. The molecule has 0 fully saturated rings. The summed E-state index contributed by atoms with van der Waals surface area (Å²) in [5, 5.41) is 8.85. The molecule has 0 atom stereocenters. The summed E-state index contributed by atoms with van der Waals surface area (Å²) in [4.78, 5) is 10.8. The number of methoxy groups -OCH3 is 2. The van der Waals surface area contributed by atoms with Crippen molar-refractivity contribution in [1.82, 2.24) is 0 Å². The fourth-order valence-corrected chi connectivity index (χ4v) is 2.23. The molecule has 134 valence electrons. The van der Waals surface area contributed by atoms with Gasteiger partial charge in [0.05, 0.1) is 14.2 Å². The third-order valence-corrected chi connectivity index (χ3v) is 3.55. The van der Waals surface area contributed by atoms with Gasteiger partial charge in [0.2, 0.25) is 0 Å². The van der Waals surface area contributed by atoms with Crippen LogP contribution in [0.4, 0.5) is 0 Å². The molecular formula is C19H22O6. The lowest BCUT2D eigenvalue weighted by molar-refractivity contribution is -0.136. The van der Waals surface area contributed by atoms with E-state index in [0.717, 1.165) is 17.1 Å². The fraction of sp³-hybridized carbons (Fsp3) is 0.316. The van der Waals surface area contributed by atoms with Crippen molar-refractivity contribution in [2.45, 2.75) is 12.8 Å². The second kappa shape index (κ2) is 9.42. The minimum absolute atomic E-state index is 0.0467. The maximum Gasteiger partial charge on any atom is 0.303 e. The molecule has 0 amide bonds. The molecule has 0 aliphatic heterocycles. The number of benzene rings is 2. The summed E-state index contributed by atoms with van der Waals surface area (Å²) in [6.07, 6.45) is 0.443. The fourth-order valence-electron chi connectivity index (χ4n) is 2.23. The lowest BCUT2D eigenvalue weighted by Gasteiger charge is -2.13. The molecule has 0 saturated carbocycles. The Labute approximate surface area is 146 Å². The molecule has 0 saturated heterocycles. The van der Waals surface area contributed by atoms with E-state index in [2.05, 4.69) is 0 Å². The number of carboxylic acids is 1. The van der Waals surface area contributed by atoms with Gasteiger partial charge in [-0.1, -0.05) is 6.07 Å². The van der Waals surface area contributed by atoms with E-state index >= 15 is 0 Å². The maximum absolute atomic E-state index is 10.8. The number of aryl methyl sites for hydroxylation is 1. The molecule has 0 aliphatic rings. The van der Waals surface area contributed by atoms with Crippen molar-refractivity contribution in [3.8, 4) is 23.0 Å². The monoisotopic (exact) mass is 346 g/mol. The van der Waals surface area contributed by atoms with Crippen LogP contribution in [0.1, 0.15) is 12.0 Å². The molecule has 0 radical (unpaired) electrons. The number of hydrogen-bond donors (Lipinski definition) is 1. The van der Waals surface area contributed by atoms with Crippen LogP contribution in [0, 0.1) is 0 Å². The summed E-state index contributed by atoms with van der Waals surface area (Å²) in [5.41, 5.74) is 0.827. The SMILES string of the molecule is COc1ccc(OCCOc2cc(OC)ccc2CCC(=O)O)cc1. The summed E-state index contributed by atoms with van der Waals surface area (Å²) in [5.74, 6) is 1.91. The van der Waals surface area contributed by atoms with Crippen LogP contribution in [-0.4, -0.2) is 38.5 Å². The highest BCUT2D eigenvalue weighted by Crippen LogP contribution is 2.26. The standard InChI is InChI=1S/C19H22O6/c1-22-15-6-8-16(9-7-15)24-11-12-25-18-13-17(23-2)5-3-14(18)4-10-19(20)21/h3,5-9,13H,4,10-12H2,1-2H3,(H,20,21). The van der Waals surface area contributed by atoms with E-state index in [9.17, 15) is 4.79 Å². The molecule has 2 aromatic carbocycles. The average molecular weight is 346 g/mol. The van der Waals surface area contributed by atoms with Crippen molar-refractivity contribution in [2.75, 3.05) is 27.4 Å². The molecule has 0 bridgehead atoms. The van der Waals surface area contributed by atoms with E-state index in [1.54, 1.807) is 26.4 Å². The Morgan fingerprint density at radius 2 is 1.48 bits per heavy atom. The third kappa shape index (κ3) is 5.91. The zero-order valence-corrected chi connectivity index (χ0v) is 14.4. The molecule has 6 heteroatoms. The van der Waals surface area contributed by atoms with Gasteiger partial charge in [0.25, 0.3) is 0 Å². The number of hydrogen-bond acceptors (Lipinski definition) is 5. The Kier molecular flexibility index (Phi) is 6.95. The Morgan fingerprint density at radius 1 is 0.880 bits per heavy atom. The normalized spacial score (nSPS) is 10.2. The number of carbonyl (C=O) groups is 1. The molecule has 0 aromatic heterocycles. The lowest BCUT2D eigenvalue weighted by atomic mass is 10.1. The highest BCUT2D eigenvalue weighted by atomic mass is 16.5. The highest BCUT2D eigenvalue weighted by Gasteiger charge is 2.08. The van der Waals surface area contributed by atoms with Crippen molar-refractivity contribution >= 4 is 5.97 Å². The molecule has 6 nitrogen and oxygen atoms in total. The minimum atomic E-state index is -0.843. The second-order valence-corrected chi connectivity index (χ2v) is 5.24. The smallest absolute Gasteiger partial charge is 0.303 e. The van der Waals surface area contributed by atoms with Gasteiger partial charge in [-0.05, 0) is 42.3 Å². The Hall–Kier alpha value is -2.89. The highest BCUT2D eigenvalue weighted by molar-refractivity contribution is 5.67. The van der Waals surface area contributed by atoms with Crippen LogP contribution in [0.2, 0.25) is 0 Å². The summed E-state index contributed by atoms with van der Waals surface area (Å²) in [6.45, 7) is 0.696. The first-order chi connectivity index (χ1) is 12.1. The third-order valence-electron chi connectivity index (χ3n) is 3.55. The summed E-state index contributed by atoms with van der Waals surface area (Å²) >= 11 is 0. The molecular weight excluding hydrogens is 324 g/mol. The number of ether oxygens (including phenoxy) is 4. The summed E-state index contributed by atoms with van der Waals surface area (Å²) in [7, 11) is 3.18. The summed E-state index contributed by atoms with van der Waals surface area (Å²) < 4.78 is 21.7. The van der Waals surface area contributed by atoms with Crippen LogP contribution in [0.25, 0.3) is 0 Å². The van der Waals surface area contributed by atoms with Gasteiger partial charge in [-0.15, -0.1) is 0 Å². The largest absolute Gasteiger partial charge is 0.497 e. The number of rotatable bonds is 10. The van der Waals surface area contributed by atoms with E-state index in [-0.39, 0.29) is 6.42 Å². The minimum Gasteiger partial charge on any atom is -0.497 e. The predicted octanol–water partition coefficient (Wildman–Crippen LogP) is 3.18. The molecule has 25 heavy (non-hydrogen) atoms. The molecule has 0 heterocycles. The van der Waals surface area contributed by atoms with Gasteiger partial charge in [-0.25, -0.2) is 0 Å². The summed E-state index contributed by atoms with van der Waals surface area (Å²) in [6, 6.07) is 12.7. The van der Waals surface area contributed by atoms with Crippen LogP contribution in [0.5, 0.6) is 23.0 Å². The topological polar surface area (TPSA) is 74.2 Å². The average Bonchev–Trinajstić information content (AvgIpc) is 2.64. The van der Waals surface area contributed by atoms with E-state index in [4.69, 9.17) is 24.1 Å². The molecule has 2 aromatic rings. The first-order valence-corrected chi connectivity index (χ1v) is 7.90. The van der Waals surface area contributed by atoms with Crippen molar-refractivity contribution in [3.63, 3.8) is 0 Å². The zero-order chi connectivity index (χ0) is 18.1. The first-order valence-electron chi connectivity index (χ1n) is 7.90. The molecule has 0 spiro atoms. The Balaban J connectivity index is 1.90. The molecule has 0 unspecified atom stereocenters. The van der Waals surface area contributed by atoms with Crippen LogP contribution >= 0.6 is 0 Å². The van der Waals surface area contributed by atoms with Crippen molar-refractivity contribution < 1.29 is 28.8 Å². The zero-order valence-electron chi connectivity index (χ0n) is 14.4. The van der Waals surface area contributed by atoms with Crippen molar-refractivity contribution in [1.29, 1.82) is 0 Å². The molecule has 0 aliphatic carbocycles. The number of aliphatic carboxylic acids is 1. The van der Waals surface area contributed by atoms with E-state index in [1.165, 1.54) is 0 Å².